The van der Waals surface area contributed by atoms with Crippen LogP contribution in [0.3, 0.4) is 0 Å². The first-order valence-electron chi connectivity index (χ1n) is 10.8. The highest BCUT2D eigenvalue weighted by molar-refractivity contribution is 5.92. The van der Waals surface area contributed by atoms with Gasteiger partial charge in [0.25, 0.3) is 0 Å². The quantitative estimate of drug-likeness (QED) is 0.681. The molecule has 0 bridgehead atoms. The lowest BCUT2D eigenvalue weighted by Crippen LogP contribution is -2.47. The largest absolute Gasteiger partial charge is 0.369 e. The maximum atomic E-state index is 11.6. The fourth-order valence-electron chi connectivity index (χ4n) is 4.04. The van der Waals surface area contributed by atoms with Gasteiger partial charge in [0.2, 0.25) is 5.91 Å². The molecule has 0 atom stereocenters. The highest BCUT2D eigenvalue weighted by atomic mass is 16.1. The van der Waals surface area contributed by atoms with E-state index in [1.54, 1.807) is 0 Å². The normalized spacial score (nSPS) is 15.0. The predicted molar refractivity (Wildman–Crippen MR) is 123 cm³/mol. The third-order valence-corrected chi connectivity index (χ3v) is 6.00. The molecule has 2 heterocycles. The van der Waals surface area contributed by atoms with Crippen molar-refractivity contribution in [2.45, 2.75) is 26.7 Å². The van der Waals surface area contributed by atoms with E-state index in [2.05, 4.69) is 57.9 Å². The second-order valence-corrected chi connectivity index (χ2v) is 8.11. The Morgan fingerprint density at radius 2 is 1.80 bits per heavy atom. The Bertz CT molecular complexity index is 1020. The van der Waals surface area contributed by atoms with E-state index >= 15 is 0 Å². The summed E-state index contributed by atoms with van der Waals surface area (Å²) >= 11 is 0. The third kappa shape index (κ3) is 4.49. The fourth-order valence-corrected chi connectivity index (χ4v) is 4.04. The number of nitrogens with zero attached hydrogens (tertiary/aromatic N) is 4. The maximum Gasteiger partial charge on any atom is 0.224 e. The molecule has 30 heavy (non-hydrogen) atoms. The van der Waals surface area contributed by atoms with Crippen molar-refractivity contribution in [3.63, 3.8) is 0 Å². The summed E-state index contributed by atoms with van der Waals surface area (Å²) in [4.78, 5) is 21.5. The molecule has 3 aromatic rings. The number of carbonyl (C=O) groups excluding carboxylic acids is 1. The minimum atomic E-state index is 0.0234. The first kappa shape index (κ1) is 20.4. The number of hydrogen-bond donors (Lipinski definition) is 1. The molecule has 0 unspecified atom stereocenters. The summed E-state index contributed by atoms with van der Waals surface area (Å²) in [5.74, 6) is 1.11. The number of amides is 1. The minimum absolute atomic E-state index is 0.0234. The van der Waals surface area contributed by atoms with Gasteiger partial charge in [0, 0.05) is 64.0 Å². The third-order valence-electron chi connectivity index (χ3n) is 6.00. The lowest BCUT2D eigenvalue weighted by Gasteiger charge is -2.36. The SMILES string of the molecule is CCC(=O)Nc1ccc2c(c1)nc(CCN1CCN(c3ccc(C)cc3)CC1)n2C. The van der Waals surface area contributed by atoms with Gasteiger partial charge in [0.05, 0.1) is 11.0 Å². The second kappa shape index (κ2) is 8.88. The topological polar surface area (TPSA) is 53.4 Å². The predicted octanol–water partition coefficient (Wildman–Crippen LogP) is 3.59. The van der Waals surface area contributed by atoms with E-state index in [0.717, 1.165) is 61.7 Å². The zero-order chi connectivity index (χ0) is 21.1. The van der Waals surface area contributed by atoms with Crippen LogP contribution in [-0.4, -0.2) is 53.1 Å². The molecular weight excluding hydrogens is 374 g/mol. The zero-order valence-electron chi connectivity index (χ0n) is 18.2. The summed E-state index contributed by atoms with van der Waals surface area (Å²) in [6.07, 6.45) is 1.40. The number of hydrogen-bond acceptors (Lipinski definition) is 4. The minimum Gasteiger partial charge on any atom is -0.369 e. The van der Waals surface area contributed by atoms with Crippen molar-refractivity contribution in [3.8, 4) is 0 Å². The van der Waals surface area contributed by atoms with E-state index in [9.17, 15) is 4.79 Å². The van der Waals surface area contributed by atoms with E-state index in [1.165, 1.54) is 11.3 Å². The van der Waals surface area contributed by atoms with E-state index in [0.29, 0.717) is 6.42 Å². The molecule has 2 aromatic carbocycles. The molecule has 1 aromatic heterocycles. The number of nitrogens with one attached hydrogen (secondary N) is 1. The molecule has 0 aliphatic carbocycles. The Kier molecular flexibility index (Phi) is 6.04. The van der Waals surface area contributed by atoms with Crippen LogP contribution in [0, 0.1) is 6.92 Å². The average molecular weight is 406 g/mol. The molecule has 1 saturated heterocycles. The van der Waals surface area contributed by atoms with E-state index in [1.807, 2.05) is 25.1 Å². The van der Waals surface area contributed by atoms with Gasteiger partial charge in [-0.2, -0.15) is 0 Å². The number of imidazole rings is 1. The summed E-state index contributed by atoms with van der Waals surface area (Å²) in [7, 11) is 2.07. The number of rotatable bonds is 6. The molecule has 1 aliphatic rings. The Labute approximate surface area is 178 Å². The summed E-state index contributed by atoms with van der Waals surface area (Å²) < 4.78 is 2.17. The Morgan fingerprint density at radius 3 is 2.50 bits per heavy atom. The van der Waals surface area contributed by atoms with Gasteiger partial charge in [0.1, 0.15) is 5.82 Å². The Morgan fingerprint density at radius 1 is 1.07 bits per heavy atom. The van der Waals surface area contributed by atoms with Gasteiger partial charge < -0.3 is 14.8 Å². The molecular formula is C24H31N5O. The number of aromatic nitrogens is 2. The second-order valence-electron chi connectivity index (χ2n) is 8.11. The van der Waals surface area contributed by atoms with Crippen LogP contribution in [-0.2, 0) is 18.3 Å². The number of fused-ring (bicyclic) bond motifs is 1. The van der Waals surface area contributed by atoms with Crippen molar-refractivity contribution in [1.82, 2.24) is 14.5 Å². The molecule has 0 radical (unpaired) electrons. The summed E-state index contributed by atoms with van der Waals surface area (Å²) in [5, 5.41) is 2.92. The van der Waals surface area contributed by atoms with E-state index < -0.39 is 0 Å². The lowest BCUT2D eigenvalue weighted by molar-refractivity contribution is -0.115. The monoisotopic (exact) mass is 405 g/mol. The van der Waals surface area contributed by atoms with Crippen LogP contribution in [0.2, 0.25) is 0 Å². The van der Waals surface area contributed by atoms with Crippen molar-refractivity contribution in [2.24, 2.45) is 7.05 Å². The molecule has 1 aliphatic heterocycles. The van der Waals surface area contributed by atoms with Crippen LogP contribution in [0.25, 0.3) is 11.0 Å². The standard InChI is InChI=1S/C24H31N5O/c1-4-24(30)25-19-7-10-22-21(17-19)26-23(27(22)3)11-12-28-13-15-29(16-14-28)20-8-5-18(2)6-9-20/h5-10,17H,4,11-16H2,1-3H3,(H,25,30). The van der Waals surface area contributed by atoms with Gasteiger partial charge in [0.15, 0.2) is 0 Å². The maximum absolute atomic E-state index is 11.6. The van der Waals surface area contributed by atoms with Crippen LogP contribution in [0.4, 0.5) is 11.4 Å². The summed E-state index contributed by atoms with van der Waals surface area (Å²) in [6.45, 7) is 9.27. The van der Waals surface area contributed by atoms with Crippen LogP contribution in [0.15, 0.2) is 42.5 Å². The van der Waals surface area contributed by atoms with Gasteiger partial charge in [-0.05, 0) is 37.3 Å². The number of piperazine rings is 1. The van der Waals surface area contributed by atoms with Gasteiger partial charge in [-0.25, -0.2) is 4.98 Å². The molecule has 4 rings (SSSR count). The zero-order valence-corrected chi connectivity index (χ0v) is 18.2. The molecule has 0 saturated carbocycles. The Balaban J connectivity index is 1.35. The average Bonchev–Trinajstić information content (AvgIpc) is 3.08. The molecule has 1 fully saturated rings. The summed E-state index contributed by atoms with van der Waals surface area (Å²) in [5.41, 5.74) is 5.47. The fraction of sp³-hybridized carbons (Fsp3) is 0.417. The number of benzene rings is 2. The lowest BCUT2D eigenvalue weighted by atomic mass is 10.2. The molecule has 0 spiro atoms. The van der Waals surface area contributed by atoms with Crippen LogP contribution < -0.4 is 10.2 Å². The number of anilines is 2. The molecule has 6 heteroatoms. The van der Waals surface area contributed by atoms with Crippen molar-refractivity contribution < 1.29 is 4.79 Å². The van der Waals surface area contributed by atoms with E-state index in [-0.39, 0.29) is 5.91 Å². The van der Waals surface area contributed by atoms with Gasteiger partial charge in [-0.3, -0.25) is 9.69 Å². The van der Waals surface area contributed by atoms with Crippen LogP contribution in [0.5, 0.6) is 0 Å². The first-order valence-corrected chi connectivity index (χ1v) is 10.8. The molecule has 158 valence electrons. The number of carbonyl (C=O) groups is 1. The van der Waals surface area contributed by atoms with Gasteiger partial charge in [-0.15, -0.1) is 0 Å². The van der Waals surface area contributed by atoms with Gasteiger partial charge >= 0.3 is 0 Å². The van der Waals surface area contributed by atoms with Gasteiger partial charge in [-0.1, -0.05) is 24.6 Å². The Hall–Kier alpha value is -2.86. The highest BCUT2D eigenvalue weighted by Crippen LogP contribution is 2.21. The highest BCUT2D eigenvalue weighted by Gasteiger charge is 2.18. The molecule has 6 nitrogen and oxygen atoms in total. The first-order chi connectivity index (χ1) is 14.5. The van der Waals surface area contributed by atoms with Crippen LogP contribution >= 0.6 is 0 Å². The smallest absolute Gasteiger partial charge is 0.224 e. The van der Waals surface area contributed by atoms with Crippen molar-refractivity contribution in [1.29, 1.82) is 0 Å². The van der Waals surface area contributed by atoms with Crippen molar-refractivity contribution >= 4 is 28.3 Å². The molecule has 1 N–H and O–H groups in total. The van der Waals surface area contributed by atoms with E-state index in [4.69, 9.17) is 4.98 Å². The number of aryl methyl sites for hydroxylation is 2. The van der Waals surface area contributed by atoms with Crippen molar-refractivity contribution in [2.75, 3.05) is 42.9 Å². The summed E-state index contributed by atoms with van der Waals surface area (Å²) in [6, 6.07) is 14.8. The molecule has 1 amide bonds. The van der Waals surface area contributed by atoms with Crippen LogP contribution in [0.1, 0.15) is 24.7 Å². The van der Waals surface area contributed by atoms with Crippen molar-refractivity contribution in [3.05, 3.63) is 53.9 Å².